The summed E-state index contributed by atoms with van der Waals surface area (Å²) in [6, 6.07) is 4.02. The van der Waals surface area contributed by atoms with E-state index in [1.807, 2.05) is 20.8 Å². The average molecular weight is 216 g/mol. The van der Waals surface area contributed by atoms with Crippen LogP contribution in [0.3, 0.4) is 0 Å². The van der Waals surface area contributed by atoms with Gasteiger partial charge in [0.15, 0.2) is 0 Å². The lowest BCUT2D eigenvalue weighted by molar-refractivity contribution is 0.326. The lowest BCUT2D eigenvalue weighted by Crippen LogP contribution is -2.26. The summed E-state index contributed by atoms with van der Waals surface area (Å²) in [5.74, 6) is -0.302. The quantitative estimate of drug-likeness (QED) is 0.762. The third-order valence-electron chi connectivity index (χ3n) is 2.23. The maximum Gasteiger partial charge on any atom is 0.123 e. The van der Waals surface area contributed by atoms with Crippen LogP contribution in [0.5, 0.6) is 0 Å². The van der Waals surface area contributed by atoms with Gasteiger partial charge in [0, 0.05) is 11.1 Å². The van der Waals surface area contributed by atoms with Crippen molar-refractivity contribution in [3.05, 3.63) is 34.6 Å². The number of hydrogen-bond acceptors (Lipinski definition) is 1. The standard InChI is InChI=1S/C11H15ClFN/c1-11(2,3)10(14)8-6-7(13)4-5-9(8)12/h4-6,10H,14H2,1-3H3/t10-/m1/s1. The van der Waals surface area contributed by atoms with Gasteiger partial charge in [0.05, 0.1) is 0 Å². The van der Waals surface area contributed by atoms with Gasteiger partial charge >= 0.3 is 0 Å². The number of benzene rings is 1. The summed E-state index contributed by atoms with van der Waals surface area (Å²) in [5.41, 5.74) is 6.53. The van der Waals surface area contributed by atoms with Gasteiger partial charge in [0.25, 0.3) is 0 Å². The van der Waals surface area contributed by atoms with Crippen molar-refractivity contribution in [3.63, 3.8) is 0 Å². The van der Waals surface area contributed by atoms with E-state index in [2.05, 4.69) is 0 Å². The van der Waals surface area contributed by atoms with Crippen LogP contribution in [0.1, 0.15) is 32.4 Å². The average Bonchev–Trinajstić information content (AvgIpc) is 2.06. The van der Waals surface area contributed by atoms with Crippen LogP contribution >= 0.6 is 11.6 Å². The van der Waals surface area contributed by atoms with E-state index in [4.69, 9.17) is 17.3 Å². The molecule has 78 valence electrons. The van der Waals surface area contributed by atoms with Crippen molar-refractivity contribution < 1.29 is 4.39 Å². The summed E-state index contributed by atoms with van der Waals surface area (Å²) in [7, 11) is 0. The molecule has 0 aliphatic carbocycles. The Kier molecular flexibility index (Phi) is 3.17. The highest BCUT2D eigenvalue weighted by Gasteiger charge is 2.24. The predicted octanol–water partition coefficient (Wildman–Crippen LogP) is 3.53. The third kappa shape index (κ3) is 2.46. The molecule has 0 amide bonds. The lowest BCUT2D eigenvalue weighted by atomic mass is 9.83. The molecule has 0 heterocycles. The van der Waals surface area contributed by atoms with Crippen molar-refractivity contribution in [1.82, 2.24) is 0 Å². The van der Waals surface area contributed by atoms with Gasteiger partial charge in [-0.25, -0.2) is 4.39 Å². The largest absolute Gasteiger partial charge is 0.323 e. The minimum absolute atomic E-state index is 0.128. The minimum Gasteiger partial charge on any atom is -0.323 e. The maximum atomic E-state index is 13.0. The summed E-state index contributed by atoms with van der Waals surface area (Å²) >= 11 is 5.95. The highest BCUT2D eigenvalue weighted by atomic mass is 35.5. The van der Waals surface area contributed by atoms with E-state index < -0.39 is 0 Å². The second kappa shape index (κ2) is 3.87. The molecule has 1 rings (SSSR count). The molecule has 1 atom stereocenters. The van der Waals surface area contributed by atoms with Crippen molar-refractivity contribution in [2.45, 2.75) is 26.8 Å². The number of nitrogens with two attached hydrogens (primary N) is 1. The van der Waals surface area contributed by atoms with E-state index in [0.29, 0.717) is 10.6 Å². The van der Waals surface area contributed by atoms with Crippen LogP contribution in [0, 0.1) is 11.2 Å². The van der Waals surface area contributed by atoms with E-state index in [9.17, 15) is 4.39 Å². The molecule has 1 aromatic rings. The minimum atomic E-state index is -0.302. The zero-order chi connectivity index (χ0) is 10.9. The van der Waals surface area contributed by atoms with E-state index in [1.165, 1.54) is 18.2 Å². The van der Waals surface area contributed by atoms with Crippen molar-refractivity contribution in [3.8, 4) is 0 Å². The highest BCUT2D eigenvalue weighted by molar-refractivity contribution is 6.31. The van der Waals surface area contributed by atoms with Crippen LogP contribution in [0.15, 0.2) is 18.2 Å². The molecule has 0 aliphatic heterocycles. The van der Waals surface area contributed by atoms with Crippen molar-refractivity contribution in [1.29, 1.82) is 0 Å². The molecule has 14 heavy (non-hydrogen) atoms. The Hall–Kier alpha value is -0.600. The van der Waals surface area contributed by atoms with E-state index in [0.717, 1.165) is 0 Å². The van der Waals surface area contributed by atoms with E-state index in [1.54, 1.807) is 0 Å². The summed E-state index contributed by atoms with van der Waals surface area (Å²) < 4.78 is 13.0. The Morgan fingerprint density at radius 1 is 1.36 bits per heavy atom. The first-order valence-corrected chi connectivity index (χ1v) is 4.90. The van der Waals surface area contributed by atoms with Gasteiger partial charge in [0.2, 0.25) is 0 Å². The number of hydrogen-bond donors (Lipinski definition) is 1. The van der Waals surface area contributed by atoms with Crippen LogP contribution in [0.4, 0.5) is 4.39 Å². The fourth-order valence-electron chi connectivity index (χ4n) is 1.22. The molecule has 3 heteroatoms. The molecule has 0 bridgehead atoms. The molecule has 0 spiro atoms. The SMILES string of the molecule is CC(C)(C)[C@H](N)c1cc(F)ccc1Cl. The first-order valence-electron chi connectivity index (χ1n) is 4.53. The molecule has 1 aromatic carbocycles. The Bertz CT molecular complexity index is 331. The van der Waals surface area contributed by atoms with Crippen molar-refractivity contribution in [2.75, 3.05) is 0 Å². The highest BCUT2D eigenvalue weighted by Crippen LogP contribution is 2.34. The van der Waals surface area contributed by atoms with Crippen LogP contribution in [0.2, 0.25) is 5.02 Å². The zero-order valence-electron chi connectivity index (χ0n) is 8.64. The van der Waals surface area contributed by atoms with Crippen LogP contribution in [0.25, 0.3) is 0 Å². The Balaban J connectivity index is 3.12. The molecule has 0 aromatic heterocycles. The Morgan fingerprint density at radius 3 is 2.43 bits per heavy atom. The van der Waals surface area contributed by atoms with Gasteiger partial charge in [-0.2, -0.15) is 0 Å². The van der Waals surface area contributed by atoms with Crippen LogP contribution < -0.4 is 5.73 Å². The smallest absolute Gasteiger partial charge is 0.123 e. The Labute approximate surface area is 89.1 Å². The van der Waals surface area contributed by atoms with Crippen LogP contribution in [-0.2, 0) is 0 Å². The molecule has 0 saturated heterocycles. The van der Waals surface area contributed by atoms with Crippen molar-refractivity contribution >= 4 is 11.6 Å². The monoisotopic (exact) mass is 215 g/mol. The first-order chi connectivity index (χ1) is 6.32. The van der Waals surface area contributed by atoms with Gasteiger partial charge in [0.1, 0.15) is 5.82 Å². The van der Waals surface area contributed by atoms with Gasteiger partial charge in [-0.3, -0.25) is 0 Å². The van der Waals surface area contributed by atoms with Gasteiger partial charge < -0.3 is 5.73 Å². The lowest BCUT2D eigenvalue weighted by Gasteiger charge is -2.28. The molecular weight excluding hydrogens is 201 g/mol. The first kappa shape index (κ1) is 11.5. The topological polar surface area (TPSA) is 26.0 Å². The second-order valence-corrected chi connectivity index (χ2v) is 4.92. The molecular formula is C11H15ClFN. The van der Waals surface area contributed by atoms with E-state index in [-0.39, 0.29) is 17.3 Å². The van der Waals surface area contributed by atoms with Gasteiger partial charge in [-0.15, -0.1) is 0 Å². The molecule has 2 N–H and O–H groups in total. The number of halogens is 2. The second-order valence-electron chi connectivity index (χ2n) is 4.51. The summed E-state index contributed by atoms with van der Waals surface area (Å²) in [4.78, 5) is 0. The third-order valence-corrected chi connectivity index (χ3v) is 2.57. The van der Waals surface area contributed by atoms with Crippen molar-refractivity contribution in [2.24, 2.45) is 11.1 Å². The van der Waals surface area contributed by atoms with E-state index >= 15 is 0 Å². The number of rotatable bonds is 1. The summed E-state index contributed by atoms with van der Waals surface area (Å²) in [6.45, 7) is 6.00. The fraction of sp³-hybridized carbons (Fsp3) is 0.455. The molecule has 0 aliphatic rings. The molecule has 0 unspecified atom stereocenters. The predicted molar refractivity (Wildman–Crippen MR) is 57.8 cm³/mol. The van der Waals surface area contributed by atoms with Gasteiger partial charge in [-0.1, -0.05) is 32.4 Å². The fourth-order valence-corrected chi connectivity index (χ4v) is 1.45. The summed E-state index contributed by atoms with van der Waals surface area (Å²) in [6.07, 6.45) is 0. The zero-order valence-corrected chi connectivity index (χ0v) is 9.40. The molecule has 0 saturated carbocycles. The molecule has 0 fully saturated rings. The molecule has 0 radical (unpaired) electrons. The molecule has 1 nitrogen and oxygen atoms in total. The van der Waals surface area contributed by atoms with Crippen LogP contribution in [-0.4, -0.2) is 0 Å². The maximum absolute atomic E-state index is 13.0. The van der Waals surface area contributed by atoms with Gasteiger partial charge in [-0.05, 0) is 29.2 Å². The normalized spacial score (nSPS) is 14.1. The summed E-state index contributed by atoms with van der Waals surface area (Å²) in [5, 5.41) is 0.522. The Morgan fingerprint density at radius 2 is 1.93 bits per heavy atom.